The fourth-order valence-electron chi connectivity index (χ4n) is 4.61. The van der Waals surface area contributed by atoms with Gasteiger partial charge in [0.15, 0.2) is 0 Å². The van der Waals surface area contributed by atoms with Crippen molar-refractivity contribution in [3.63, 3.8) is 0 Å². The van der Waals surface area contributed by atoms with Crippen molar-refractivity contribution in [1.82, 2.24) is 9.80 Å². The highest BCUT2D eigenvalue weighted by Gasteiger charge is 2.38. The molecule has 0 saturated carbocycles. The van der Waals surface area contributed by atoms with Crippen LogP contribution in [0.15, 0.2) is 95.5 Å². The van der Waals surface area contributed by atoms with E-state index in [4.69, 9.17) is 0 Å². The summed E-state index contributed by atoms with van der Waals surface area (Å²) in [6.07, 6.45) is 0. The van der Waals surface area contributed by atoms with Crippen LogP contribution in [0.3, 0.4) is 0 Å². The minimum absolute atomic E-state index is 0.0179. The Morgan fingerprint density at radius 2 is 1.52 bits per heavy atom. The molecule has 166 valence electrons. The summed E-state index contributed by atoms with van der Waals surface area (Å²) in [6, 6.07) is 30.5. The van der Waals surface area contributed by atoms with Crippen molar-refractivity contribution in [3.8, 4) is 5.75 Å². The van der Waals surface area contributed by atoms with E-state index in [9.17, 15) is 9.90 Å². The summed E-state index contributed by atoms with van der Waals surface area (Å²) in [7, 11) is 1.83. The van der Waals surface area contributed by atoms with E-state index in [1.807, 2.05) is 37.4 Å². The van der Waals surface area contributed by atoms with E-state index in [2.05, 4.69) is 69.4 Å². The maximum Gasteiger partial charge on any atom is 0.257 e. The number of hydrogen-bond donors (Lipinski definition) is 1. The van der Waals surface area contributed by atoms with Crippen LogP contribution in [0, 0.1) is 0 Å². The van der Waals surface area contributed by atoms with E-state index in [1.54, 1.807) is 17.0 Å². The smallest absolute Gasteiger partial charge is 0.257 e. The molecule has 1 amide bonds. The van der Waals surface area contributed by atoms with Gasteiger partial charge in [-0.15, -0.1) is 0 Å². The molecule has 4 nitrogen and oxygen atoms in total. The second-order valence-corrected chi connectivity index (χ2v) is 9.52. The molecule has 1 aliphatic rings. The number of hydrogen-bond acceptors (Lipinski definition) is 3. The van der Waals surface area contributed by atoms with Gasteiger partial charge in [-0.1, -0.05) is 82.7 Å². The van der Waals surface area contributed by atoms with Crippen LogP contribution in [-0.4, -0.2) is 47.0 Å². The Kier molecular flexibility index (Phi) is 5.92. The van der Waals surface area contributed by atoms with Crippen molar-refractivity contribution in [3.05, 3.63) is 112 Å². The van der Waals surface area contributed by atoms with Gasteiger partial charge in [0.05, 0.1) is 17.6 Å². The molecule has 4 aromatic rings. The van der Waals surface area contributed by atoms with E-state index in [0.29, 0.717) is 5.56 Å². The normalized spacial score (nSPS) is 14.4. The van der Waals surface area contributed by atoms with Gasteiger partial charge in [0, 0.05) is 24.6 Å². The summed E-state index contributed by atoms with van der Waals surface area (Å²) in [5.74, 6) is -0.140. The number of amides is 1. The minimum atomic E-state index is -0.157. The first-order valence-corrected chi connectivity index (χ1v) is 11.8. The van der Waals surface area contributed by atoms with Crippen molar-refractivity contribution in [2.75, 3.05) is 20.1 Å². The number of rotatable bonds is 5. The maximum absolute atomic E-state index is 13.3. The van der Waals surface area contributed by atoms with Crippen molar-refractivity contribution in [2.24, 2.45) is 0 Å². The van der Waals surface area contributed by atoms with Gasteiger partial charge in [-0.3, -0.25) is 9.69 Å². The summed E-state index contributed by atoms with van der Waals surface area (Å²) in [5.41, 5.74) is 2.83. The zero-order chi connectivity index (χ0) is 22.9. The maximum atomic E-state index is 13.3. The molecule has 0 aliphatic carbocycles. The van der Waals surface area contributed by atoms with E-state index in [-0.39, 0.29) is 23.7 Å². The van der Waals surface area contributed by atoms with Crippen LogP contribution in [0.1, 0.15) is 27.5 Å². The number of halogens is 1. The number of aromatic hydroxyl groups is 1. The average Bonchev–Trinajstić information content (AvgIpc) is 2.81. The molecule has 0 radical (unpaired) electrons. The Morgan fingerprint density at radius 3 is 2.12 bits per heavy atom. The van der Waals surface area contributed by atoms with Crippen LogP contribution in [0.4, 0.5) is 0 Å². The lowest BCUT2D eigenvalue weighted by molar-refractivity contribution is 0.0235. The van der Waals surface area contributed by atoms with Gasteiger partial charge < -0.3 is 10.0 Å². The van der Waals surface area contributed by atoms with E-state index in [1.165, 1.54) is 11.1 Å². The third kappa shape index (κ3) is 4.26. The molecule has 1 aliphatic heterocycles. The van der Waals surface area contributed by atoms with Gasteiger partial charge in [-0.25, -0.2) is 0 Å². The standard InChI is InChI=1S/C28H25BrN2O2/c1-30(28(33)25-15-22-14-23(29)13-12-21(22)16-26(25)32)24-17-31(18-24)27(19-8-4-2-5-9-19)20-10-6-3-7-11-20/h2-16,24,27,32H,17-18H2,1H3. The van der Waals surface area contributed by atoms with Crippen LogP contribution in [-0.2, 0) is 0 Å². The van der Waals surface area contributed by atoms with E-state index < -0.39 is 0 Å². The van der Waals surface area contributed by atoms with Crippen molar-refractivity contribution in [2.45, 2.75) is 12.1 Å². The van der Waals surface area contributed by atoms with Gasteiger partial charge in [-0.05, 0) is 46.2 Å². The molecule has 1 fully saturated rings. The third-order valence-electron chi connectivity index (χ3n) is 6.50. The van der Waals surface area contributed by atoms with E-state index in [0.717, 1.165) is 28.3 Å². The minimum Gasteiger partial charge on any atom is -0.507 e. The zero-order valence-electron chi connectivity index (χ0n) is 18.4. The number of likely N-dealkylation sites (tertiary alicyclic amines) is 1. The van der Waals surface area contributed by atoms with Crippen molar-refractivity contribution < 1.29 is 9.90 Å². The predicted octanol–water partition coefficient (Wildman–Crippen LogP) is 5.85. The van der Waals surface area contributed by atoms with Crippen LogP contribution < -0.4 is 0 Å². The van der Waals surface area contributed by atoms with Gasteiger partial charge >= 0.3 is 0 Å². The summed E-state index contributed by atoms with van der Waals surface area (Å²) in [4.78, 5) is 17.4. The average molecular weight is 501 g/mol. The molecule has 1 N–H and O–H groups in total. The first kappa shape index (κ1) is 21.7. The topological polar surface area (TPSA) is 43.8 Å². The Balaban J connectivity index is 1.35. The molecule has 0 spiro atoms. The second-order valence-electron chi connectivity index (χ2n) is 8.61. The first-order valence-electron chi connectivity index (χ1n) is 11.0. The SMILES string of the molecule is CN(C(=O)c1cc2cc(Br)ccc2cc1O)C1CN(C(c2ccccc2)c2ccccc2)C1. The number of nitrogens with zero attached hydrogens (tertiary/aromatic N) is 2. The van der Waals surface area contributed by atoms with Gasteiger partial charge in [0.2, 0.25) is 0 Å². The van der Waals surface area contributed by atoms with Crippen LogP contribution in [0.25, 0.3) is 10.8 Å². The number of fused-ring (bicyclic) bond motifs is 1. The highest BCUT2D eigenvalue weighted by molar-refractivity contribution is 9.10. The number of carbonyl (C=O) groups excluding carboxylic acids is 1. The van der Waals surface area contributed by atoms with Gasteiger partial charge in [0.1, 0.15) is 5.75 Å². The monoisotopic (exact) mass is 500 g/mol. The molecule has 0 bridgehead atoms. The summed E-state index contributed by atoms with van der Waals surface area (Å²) in [5, 5.41) is 12.4. The summed E-state index contributed by atoms with van der Waals surface area (Å²) in [6.45, 7) is 1.55. The lowest BCUT2D eigenvalue weighted by Crippen LogP contribution is -2.60. The molecule has 4 aromatic carbocycles. The number of likely N-dealkylation sites (N-methyl/N-ethyl adjacent to an activating group) is 1. The number of benzene rings is 4. The Bertz CT molecular complexity index is 1250. The fourth-order valence-corrected chi connectivity index (χ4v) is 4.99. The lowest BCUT2D eigenvalue weighted by Gasteiger charge is -2.48. The van der Waals surface area contributed by atoms with Gasteiger partial charge in [0.25, 0.3) is 5.91 Å². The van der Waals surface area contributed by atoms with Crippen molar-refractivity contribution >= 4 is 32.6 Å². The predicted molar refractivity (Wildman–Crippen MR) is 135 cm³/mol. The summed E-state index contributed by atoms with van der Waals surface area (Å²) < 4.78 is 0.940. The molecule has 1 heterocycles. The molecule has 0 aromatic heterocycles. The molecular formula is C28H25BrN2O2. The van der Waals surface area contributed by atoms with Gasteiger partial charge in [-0.2, -0.15) is 0 Å². The van der Waals surface area contributed by atoms with Crippen LogP contribution in [0.5, 0.6) is 5.75 Å². The summed E-state index contributed by atoms with van der Waals surface area (Å²) >= 11 is 3.48. The number of carbonyl (C=O) groups is 1. The Morgan fingerprint density at radius 1 is 0.909 bits per heavy atom. The largest absolute Gasteiger partial charge is 0.507 e. The molecule has 5 heteroatoms. The first-order chi connectivity index (χ1) is 16.0. The Labute approximate surface area is 202 Å². The fraction of sp³-hybridized carbons (Fsp3) is 0.179. The Hall–Kier alpha value is -3.15. The molecule has 5 rings (SSSR count). The highest BCUT2D eigenvalue weighted by atomic mass is 79.9. The molecule has 33 heavy (non-hydrogen) atoms. The van der Waals surface area contributed by atoms with Crippen LogP contribution >= 0.6 is 15.9 Å². The molecule has 1 saturated heterocycles. The molecular weight excluding hydrogens is 476 g/mol. The number of phenols is 1. The molecule has 0 atom stereocenters. The van der Waals surface area contributed by atoms with E-state index >= 15 is 0 Å². The zero-order valence-corrected chi connectivity index (χ0v) is 19.9. The van der Waals surface area contributed by atoms with Crippen molar-refractivity contribution in [1.29, 1.82) is 0 Å². The second kappa shape index (κ2) is 9.00. The van der Waals surface area contributed by atoms with Crippen LogP contribution in [0.2, 0.25) is 0 Å². The quantitative estimate of drug-likeness (QED) is 0.373. The molecule has 0 unspecified atom stereocenters. The lowest BCUT2D eigenvalue weighted by atomic mass is 9.92. The number of phenolic OH excluding ortho intramolecular Hbond substituents is 1. The highest BCUT2D eigenvalue weighted by Crippen LogP contribution is 2.34. The third-order valence-corrected chi connectivity index (χ3v) is 6.99.